The van der Waals surface area contributed by atoms with E-state index in [1.54, 1.807) is 0 Å². The Hall–Kier alpha value is -1.51. The molecule has 0 unspecified atom stereocenters. The van der Waals surface area contributed by atoms with Crippen LogP contribution in [0.2, 0.25) is 0 Å². The SMILES string of the molecule is Cc1ccc([C@@H](NC(=O)[C@@H]2CC2(Cl)Cl)c2ccccc2)cc1. The standard InChI is InChI=1S/C18H17Cl2NO/c1-12-7-9-14(10-8-12)16(13-5-3-2-4-6-13)21-17(22)15-11-18(15,19)20/h2-10,15-16H,11H2,1H3,(H,21,22)/t15-,16-/m0/s1. The van der Waals surface area contributed by atoms with Crippen LogP contribution in [0, 0.1) is 12.8 Å². The van der Waals surface area contributed by atoms with Crippen LogP contribution in [0.4, 0.5) is 0 Å². The Balaban J connectivity index is 1.87. The molecule has 2 aromatic carbocycles. The number of rotatable bonds is 4. The normalized spacial score (nSPS) is 20.2. The Labute approximate surface area is 140 Å². The number of alkyl halides is 2. The third kappa shape index (κ3) is 3.29. The van der Waals surface area contributed by atoms with Crippen molar-refractivity contribution in [3.63, 3.8) is 0 Å². The van der Waals surface area contributed by atoms with Crippen molar-refractivity contribution in [2.45, 2.75) is 23.7 Å². The van der Waals surface area contributed by atoms with Gasteiger partial charge in [0, 0.05) is 0 Å². The molecule has 114 valence electrons. The summed E-state index contributed by atoms with van der Waals surface area (Å²) in [4.78, 5) is 12.4. The lowest BCUT2D eigenvalue weighted by molar-refractivity contribution is -0.122. The largest absolute Gasteiger partial charge is 0.345 e. The smallest absolute Gasteiger partial charge is 0.227 e. The van der Waals surface area contributed by atoms with Gasteiger partial charge in [0.25, 0.3) is 0 Å². The minimum Gasteiger partial charge on any atom is -0.345 e. The van der Waals surface area contributed by atoms with E-state index in [2.05, 4.69) is 5.32 Å². The minimum atomic E-state index is -0.904. The molecule has 2 atom stereocenters. The van der Waals surface area contributed by atoms with Gasteiger partial charge in [-0.1, -0.05) is 60.2 Å². The maximum Gasteiger partial charge on any atom is 0.227 e. The quantitative estimate of drug-likeness (QED) is 0.826. The second-order valence-corrected chi connectivity index (χ2v) is 7.32. The lowest BCUT2D eigenvalue weighted by atomic mass is 9.97. The van der Waals surface area contributed by atoms with E-state index >= 15 is 0 Å². The van der Waals surface area contributed by atoms with E-state index in [4.69, 9.17) is 23.2 Å². The maximum absolute atomic E-state index is 12.4. The highest BCUT2D eigenvalue weighted by Gasteiger charge is 2.56. The molecule has 0 bridgehead atoms. The van der Waals surface area contributed by atoms with E-state index in [0.29, 0.717) is 6.42 Å². The van der Waals surface area contributed by atoms with Crippen LogP contribution in [-0.2, 0) is 4.79 Å². The number of halogens is 2. The summed E-state index contributed by atoms with van der Waals surface area (Å²) in [7, 11) is 0. The third-order valence-corrected chi connectivity index (χ3v) is 4.81. The van der Waals surface area contributed by atoms with Crippen molar-refractivity contribution >= 4 is 29.1 Å². The molecule has 0 aliphatic heterocycles. The Morgan fingerprint density at radius 1 is 1.09 bits per heavy atom. The van der Waals surface area contributed by atoms with E-state index in [9.17, 15) is 4.79 Å². The summed E-state index contributed by atoms with van der Waals surface area (Å²) in [6.45, 7) is 2.04. The Morgan fingerprint density at radius 2 is 1.64 bits per heavy atom. The van der Waals surface area contributed by atoms with Gasteiger partial charge in [0.1, 0.15) is 4.33 Å². The average Bonchev–Trinajstić information content (AvgIpc) is 3.15. The zero-order valence-electron chi connectivity index (χ0n) is 12.2. The van der Waals surface area contributed by atoms with Gasteiger partial charge in [0.2, 0.25) is 5.91 Å². The van der Waals surface area contributed by atoms with Gasteiger partial charge in [-0.3, -0.25) is 4.79 Å². The molecule has 1 fully saturated rings. The van der Waals surface area contributed by atoms with E-state index in [1.165, 1.54) is 5.56 Å². The van der Waals surface area contributed by atoms with Gasteiger partial charge in [-0.2, -0.15) is 0 Å². The predicted molar refractivity (Wildman–Crippen MR) is 90.2 cm³/mol. The number of aryl methyl sites for hydroxylation is 1. The van der Waals surface area contributed by atoms with Crippen LogP contribution < -0.4 is 5.32 Å². The molecule has 2 aromatic rings. The highest BCUT2D eigenvalue weighted by atomic mass is 35.5. The van der Waals surface area contributed by atoms with Crippen LogP contribution in [0.15, 0.2) is 54.6 Å². The summed E-state index contributed by atoms with van der Waals surface area (Å²) in [5.74, 6) is -0.424. The summed E-state index contributed by atoms with van der Waals surface area (Å²) in [5.41, 5.74) is 3.26. The van der Waals surface area contributed by atoms with Crippen molar-refractivity contribution in [2.24, 2.45) is 5.92 Å². The monoisotopic (exact) mass is 333 g/mol. The van der Waals surface area contributed by atoms with E-state index in [0.717, 1.165) is 11.1 Å². The number of hydrogen-bond acceptors (Lipinski definition) is 1. The summed E-state index contributed by atoms with van der Waals surface area (Å²) < 4.78 is -0.904. The van der Waals surface area contributed by atoms with Crippen molar-refractivity contribution in [3.8, 4) is 0 Å². The van der Waals surface area contributed by atoms with Crippen LogP contribution >= 0.6 is 23.2 Å². The summed E-state index contributed by atoms with van der Waals surface area (Å²) in [5, 5.41) is 3.08. The second kappa shape index (κ2) is 5.94. The van der Waals surface area contributed by atoms with Gasteiger partial charge in [-0.15, -0.1) is 23.2 Å². The molecular weight excluding hydrogens is 317 g/mol. The molecule has 0 aromatic heterocycles. The van der Waals surface area contributed by atoms with E-state index < -0.39 is 4.33 Å². The Morgan fingerprint density at radius 3 is 2.18 bits per heavy atom. The van der Waals surface area contributed by atoms with Crippen molar-refractivity contribution in [3.05, 3.63) is 71.3 Å². The first kappa shape index (κ1) is 15.4. The molecule has 0 radical (unpaired) electrons. The van der Waals surface area contributed by atoms with Gasteiger partial charge < -0.3 is 5.32 Å². The molecule has 0 spiro atoms. The number of amides is 1. The molecule has 4 heteroatoms. The minimum absolute atomic E-state index is 0.0978. The lowest BCUT2D eigenvalue weighted by Gasteiger charge is -2.20. The van der Waals surface area contributed by atoms with Crippen molar-refractivity contribution in [1.29, 1.82) is 0 Å². The average molecular weight is 334 g/mol. The Kier molecular flexibility index (Phi) is 4.16. The fraction of sp³-hybridized carbons (Fsp3) is 0.278. The van der Waals surface area contributed by atoms with Crippen LogP contribution in [0.3, 0.4) is 0 Å². The topological polar surface area (TPSA) is 29.1 Å². The van der Waals surface area contributed by atoms with Gasteiger partial charge in [-0.25, -0.2) is 0 Å². The highest BCUT2D eigenvalue weighted by molar-refractivity contribution is 6.52. The molecule has 1 saturated carbocycles. The lowest BCUT2D eigenvalue weighted by Crippen LogP contribution is -2.31. The molecule has 1 amide bonds. The van der Waals surface area contributed by atoms with Crippen LogP contribution in [0.25, 0.3) is 0 Å². The van der Waals surface area contributed by atoms with Crippen molar-refractivity contribution < 1.29 is 4.79 Å². The first-order chi connectivity index (χ1) is 10.5. The number of hydrogen-bond donors (Lipinski definition) is 1. The van der Waals surface area contributed by atoms with Gasteiger partial charge in [0.15, 0.2) is 0 Å². The third-order valence-electron chi connectivity index (χ3n) is 3.97. The molecule has 0 saturated heterocycles. The fourth-order valence-corrected chi connectivity index (χ4v) is 3.01. The summed E-state index contributed by atoms with van der Waals surface area (Å²) in [6.07, 6.45) is 0.511. The summed E-state index contributed by atoms with van der Waals surface area (Å²) in [6, 6.07) is 17.9. The predicted octanol–water partition coefficient (Wildman–Crippen LogP) is 4.39. The molecule has 22 heavy (non-hydrogen) atoms. The van der Waals surface area contributed by atoms with Gasteiger partial charge >= 0.3 is 0 Å². The molecule has 0 heterocycles. The van der Waals surface area contributed by atoms with Crippen LogP contribution in [0.5, 0.6) is 0 Å². The highest BCUT2D eigenvalue weighted by Crippen LogP contribution is 2.53. The van der Waals surface area contributed by atoms with E-state index in [-0.39, 0.29) is 17.9 Å². The molecule has 1 aliphatic carbocycles. The molecule has 2 nitrogen and oxygen atoms in total. The van der Waals surface area contributed by atoms with Gasteiger partial charge in [0.05, 0.1) is 12.0 Å². The zero-order valence-corrected chi connectivity index (χ0v) is 13.7. The molecule has 1 aliphatic rings. The summed E-state index contributed by atoms with van der Waals surface area (Å²) >= 11 is 12.0. The molecular formula is C18H17Cl2NO. The first-order valence-electron chi connectivity index (χ1n) is 7.27. The molecule has 3 rings (SSSR count). The van der Waals surface area contributed by atoms with Crippen molar-refractivity contribution in [1.82, 2.24) is 5.32 Å². The van der Waals surface area contributed by atoms with Crippen LogP contribution in [-0.4, -0.2) is 10.2 Å². The Bertz CT molecular complexity index is 667. The number of benzene rings is 2. The van der Waals surface area contributed by atoms with E-state index in [1.807, 2.05) is 61.5 Å². The fourth-order valence-electron chi connectivity index (χ4n) is 2.50. The number of carbonyl (C=O) groups is 1. The first-order valence-corrected chi connectivity index (χ1v) is 8.03. The van der Waals surface area contributed by atoms with Gasteiger partial charge in [-0.05, 0) is 24.5 Å². The second-order valence-electron chi connectivity index (χ2n) is 5.78. The zero-order chi connectivity index (χ0) is 15.7. The van der Waals surface area contributed by atoms with Crippen LogP contribution in [0.1, 0.15) is 29.2 Å². The number of nitrogens with one attached hydrogen (secondary N) is 1. The van der Waals surface area contributed by atoms with Crippen molar-refractivity contribution in [2.75, 3.05) is 0 Å². The molecule has 1 N–H and O–H groups in total. The number of carbonyl (C=O) groups excluding carboxylic acids is 1. The maximum atomic E-state index is 12.4.